The SMILES string of the molecule is CNc1cc(NCCc2csc(C)n2)nc(C(F)(F)F)n1. The van der Waals surface area contributed by atoms with Gasteiger partial charge in [0.1, 0.15) is 11.6 Å². The molecule has 0 bridgehead atoms. The number of aromatic nitrogens is 3. The zero-order chi connectivity index (χ0) is 15.5. The van der Waals surface area contributed by atoms with Gasteiger partial charge in [0.2, 0.25) is 5.82 Å². The molecule has 0 aliphatic carbocycles. The highest BCUT2D eigenvalue weighted by molar-refractivity contribution is 7.09. The standard InChI is InChI=1S/C12H14F3N5S/c1-7-18-8(6-21-7)3-4-17-10-5-9(16-2)19-11(20-10)12(13,14)15/h5-6H,3-4H2,1-2H3,(H2,16,17,19,20). The molecule has 0 fully saturated rings. The van der Waals surface area contributed by atoms with Crippen molar-refractivity contribution >= 4 is 23.0 Å². The Labute approximate surface area is 123 Å². The first-order valence-electron chi connectivity index (χ1n) is 6.17. The number of aryl methyl sites for hydroxylation is 1. The van der Waals surface area contributed by atoms with Gasteiger partial charge in [-0.15, -0.1) is 11.3 Å². The Kier molecular flexibility index (Phi) is 4.61. The van der Waals surface area contributed by atoms with Crippen molar-refractivity contribution in [3.8, 4) is 0 Å². The van der Waals surface area contributed by atoms with E-state index in [1.807, 2.05) is 12.3 Å². The van der Waals surface area contributed by atoms with E-state index in [1.165, 1.54) is 24.5 Å². The van der Waals surface area contributed by atoms with E-state index in [-0.39, 0.29) is 11.6 Å². The molecule has 0 saturated carbocycles. The van der Waals surface area contributed by atoms with Gasteiger partial charge in [-0.05, 0) is 6.92 Å². The molecule has 5 nitrogen and oxygen atoms in total. The van der Waals surface area contributed by atoms with Crippen LogP contribution in [0.5, 0.6) is 0 Å². The number of nitrogens with zero attached hydrogens (tertiary/aromatic N) is 3. The summed E-state index contributed by atoms with van der Waals surface area (Å²) in [5.41, 5.74) is 0.906. The monoisotopic (exact) mass is 317 g/mol. The van der Waals surface area contributed by atoms with Gasteiger partial charge in [-0.1, -0.05) is 0 Å². The lowest BCUT2D eigenvalue weighted by Gasteiger charge is -2.11. The van der Waals surface area contributed by atoms with Crippen molar-refractivity contribution in [2.45, 2.75) is 19.5 Å². The van der Waals surface area contributed by atoms with Gasteiger partial charge in [0.25, 0.3) is 0 Å². The molecular formula is C12H14F3N5S. The minimum absolute atomic E-state index is 0.115. The van der Waals surface area contributed by atoms with Crippen LogP contribution in [-0.4, -0.2) is 28.5 Å². The maximum absolute atomic E-state index is 12.7. The second kappa shape index (κ2) is 6.25. The van der Waals surface area contributed by atoms with E-state index in [9.17, 15) is 13.2 Å². The van der Waals surface area contributed by atoms with Crippen LogP contribution in [0.4, 0.5) is 24.8 Å². The molecule has 0 aliphatic rings. The molecule has 2 aromatic rings. The number of halogens is 3. The van der Waals surface area contributed by atoms with E-state index in [4.69, 9.17) is 0 Å². The van der Waals surface area contributed by atoms with Crippen molar-refractivity contribution in [1.82, 2.24) is 15.0 Å². The fraction of sp³-hybridized carbons (Fsp3) is 0.417. The van der Waals surface area contributed by atoms with E-state index in [0.717, 1.165) is 10.7 Å². The molecule has 2 N–H and O–H groups in total. The average Bonchev–Trinajstić information content (AvgIpc) is 2.83. The Morgan fingerprint density at radius 2 is 1.90 bits per heavy atom. The highest BCUT2D eigenvalue weighted by Gasteiger charge is 2.35. The molecule has 2 aromatic heterocycles. The lowest BCUT2D eigenvalue weighted by atomic mass is 10.3. The fourth-order valence-electron chi connectivity index (χ4n) is 1.63. The van der Waals surface area contributed by atoms with Gasteiger partial charge in [-0.2, -0.15) is 13.2 Å². The molecule has 0 spiro atoms. The summed E-state index contributed by atoms with van der Waals surface area (Å²) in [6.07, 6.45) is -3.96. The second-order valence-corrected chi connectivity index (χ2v) is 5.31. The first kappa shape index (κ1) is 15.5. The van der Waals surface area contributed by atoms with Crippen LogP contribution < -0.4 is 10.6 Å². The largest absolute Gasteiger partial charge is 0.451 e. The molecule has 9 heteroatoms. The summed E-state index contributed by atoms with van der Waals surface area (Å²) in [5.74, 6) is -0.917. The Bertz CT molecular complexity index is 611. The molecule has 0 amide bonds. The van der Waals surface area contributed by atoms with Crippen LogP contribution in [-0.2, 0) is 12.6 Å². The van der Waals surface area contributed by atoms with Crippen LogP contribution in [0.25, 0.3) is 0 Å². The summed E-state index contributed by atoms with van der Waals surface area (Å²) in [6.45, 7) is 2.35. The molecule has 21 heavy (non-hydrogen) atoms. The van der Waals surface area contributed by atoms with Crippen LogP contribution in [0.3, 0.4) is 0 Å². The third-order valence-electron chi connectivity index (χ3n) is 2.59. The number of anilines is 2. The molecule has 114 valence electrons. The van der Waals surface area contributed by atoms with Crippen molar-refractivity contribution < 1.29 is 13.2 Å². The summed E-state index contributed by atoms with van der Waals surface area (Å²) in [4.78, 5) is 11.2. The van der Waals surface area contributed by atoms with E-state index in [0.29, 0.717) is 13.0 Å². The van der Waals surface area contributed by atoms with Gasteiger partial charge < -0.3 is 10.6 Å². The third-order valence-corrected chi connectivity index (χ3v) is 3.41. The Morgan fingerprint density at radius 3 is 2.48 bits per heavy atom. The highest BCUT2D eigenvalue weighted by Crippen LogP contribution is 2.28. The number of rotatable bonds is 5. The van der Waals surface area contributed by atoms with Crippen molar-refractivity contribution in [3.05, 3.63) is 28.0 Å². The zero-order valence-corrected chi connectivity index (χ0v) is 12.3. The molecule has 0 aliphatic heterocycles. The van der Waals surface area contributed by atoms with Crippen molar-refractivity contribution in [2.75, 3.05) is 24.2 Å². The van der Waals surface area contributed by atoms with E-state index >= 15 is 0 Å². The first-order chi connectivity index (χ1) is 9.88. The zero-order valence-electron chi connectivity index (χ0n) is 11.5. The minimum atomic E-state index is -4.57. The van der Waals surface area contributed by atoms with Gasteiger partial charge >= 0.3 is 6.18 Å². The average molecular weight is 317 g/mol. The molecule has 2 rings (SSSR count). The molecule has 0 atom stereocenters. The van der Waals surface area contributed by atoms with E-state index < -0.39 is 12.0 Å². The lowest BCUT2D eigenvalue weighted by molar-refractivity contribution is -0.144. The molecule has 0 unspecified atom stereocenters. The quantitative estimate of drug-likeness (QED) is 0.888. The van der Waals surface area contributed by atoms with Crippen molar-refractivity contribution in [3.63, 3.8) is 0 Å². The maximum atomic E-state index is 12.7. The van der Waals surface area contributed by atoms with Crippen LogP contribution in [0.1, 0.15) is 16.5 Å². The molecule has 2 heterocycles. The summed E-state index contributed by atoms with van der Waals surface area (Å²) in [7, 11) is 1.50. The Balaban J connectivity index is 2.05. The normalized spacial score (nSPS) is 11.5. The number of hydrogen-bond acceptors (Lipinski definition) is 6. The summed E-state index contributed by atoms with van der Waals surface area (Å²) in [6, 6.07) is 1.43. The summed E-state index contributed by atoms with van der Waals surface area (Å²) in [5, 5.41) is 8.34. The predicted molar refractivity (Wildman–Crippen MR) is 75.6 cm³/mol. The number of alkyl halides is 3. The second-order valence-electron chi connectivity index (χ2n) is 4.24. The van der Waals surface area contributed by atoms with E-state index in [2.05, 4.69) is 25.6 Å². The molecule has 0 saturated heterocycles. The van der Waals surface area contributed by atoms with Crippen molar-refractivity contribution in [2.24, 2.45) is 0 Å². The highest BCUT2D eigenvalue weighted by atomic mass is 32.1. The lowest BCUT2D eigenvalue weighted by Crippen LogP contribution is -2.15. The minimum Gasteiger partial charge on any atom is -0.373 e. The van der Waals surface area contributed by atoms with Gasteiger partial charge in [0.15, 0.2) is 0 Å². The number of thiazole rings is 1. The Morgan fingerprint density at radius 1 is 1.19 bits per heavy atom. The third kappa shape index (κ3) is 4.28. The van der Waals surface area contributed by atoms with Crippen LogP contribution >= 0.6 is 11.3 Å². The van der Waals surface area contributed by atoms with Gasteiger partial charge in [0, 0.05) is 31.5 Å². The van der Waals surface area contributed by atoms with Gasteiger partial charge in [0.05, 0.1) is 10.7 Å². The summed E-state index contributed by atoms with van der Waals surface area (Å²) < 4.78 is 38.1. The van der Waals surface area contributed by atoms with Gasteiger partial charge in [-0.3, -0.25) is 0 Å². The van der Waals surface area contributed by atoms with Gasteiger partial charge in [-0.25, -0.2) is 15.0 Å². The van der Waals surface area contributed by atoms with Crippen LogP contribution in [0.2, 0.25) is 0 Å². The fourth-order valence-corrected chi connectivity index (χ4v) is 2.28. The predicted octanol–water partition coefficient (Wildman–Crippen LogP) is 2.96. The topological polar surface area (TPSA) is 62.7 Å². The maximum Gasteiger partial charge on any atom is 0.451 e. The first-order valence-corrected chi connectivity index (χ1v) is 7.05. The number of hydrogen-bond donors (Lipinski definition) is 2. The van der Waals surface area contributed by atoms with E-state index in [1.54, 1.807) is 0 Å². The van der Waals surface area contributed by atoms with Crippen LogP contribution in [0, 0.1) is 6.92 Å². The summed E-state index contributed by atoms with van der Waals surface area (Å²) >= 11 is 1.54. The van der Waals surface area contributed by atoms with Crippen LogP contribution in [0.15, 0.2) is 11.4 Å². The van der Waals surface area contributed by atoms with Crippen molar-refractivity contribution in [1.29, 1.82) is 0 Å². The molecule has 0 aromatic carbocycles. The smallest absolute Gasteiger partial charge is 0.373 e. The number of nitrogens with one attached hydrogen (secondary N) is 2. The molecular weight excluding hydrogens is 303 g/mol. The molecule has 0 radical (unpaired) electrons. The Hall–Kier alpha value is -1.90.